The van der Waals surface area contributed by atoms with Crippen molar-refractivity contribution in [2.45, 2.75) is 25.3 Å². The first kappa shape index (κ1) is 15.7. The van der Waals surface area contributed by atoms with E-state index in [2.05, 4.69) is 15.6 Å². The van der Waals surface area contributed by atoms with Crippen LogP contribution in [-0.4, -0.2) is 16.9 Å². The topological polar surface area (TPSA) is 54.0 Å². The molecule has 0 radical (unpaired) electrons. The highest BCUT2D eigenvalue weighted by Gasteiger charge is 2.22. The Hall–Kier alpha value is -2.21. The van der Waals surface area contributed by atoms with Crippen molar-refractivity contribution in [2.75, 3.05) is 10.6 Å². The number of pyridine rings is 1. The van der Waals surface area contributed by atoms with Crippen LogP contribution in [0.3, 0.4) is 0 Å². The van der Waals surface area contributed by atoms with Crippen LogP contribution in [-0.2, 0) is 0 Å². The number of halogens is 3. The number of hydrogen-bond donors (Lipinski definition) is 2. The van der Waals surface area contributed by atoms with Crippen LogP contribution in [0.15, 0.2) is 30.5 Å². The maximum Gasteiger partial charge on any atom is 0.259 e. The summed E-state index contributed by atoms with van der Waals surface area (Å²) in [5, 5.41) is 5.55. The van der Waals surface area contributed by atoms with Gasteiger partial charge < -0.3 is 10.6 Å². The molecule has 1 saturated carbocycles. The summed E-state index contributed by atoms with van der Waals surface area (Å²) in [5.74, 6) is -1.70. The first-order valence-corrected chi connectivity index (χ1v) is 7.60. The third kappa shape index (κ3) is 3.42. The number of nitrogens with zero attached hydrogens (tertiary/aromatic N) is 1. The summed E-state index contributed by atoms with van der Waals surface area (Å²) in [6.07, 6.45) is 4.08. The van der Waals surface area contributed by atoms with Crippen LogP contribution in [0.2, 0.25) is 5.02 Å². The molecule has 3 rings (SSSR count). The maximum absolute atomic E-state index is 13.8. The minimum atomic E-state index is -0.675. The minimum absolute atomic E-state index is 0.0104. The molecule has 0 bridgehead atoms. The van der Waals surface area contributed by atoms with Gasteiger partial charge in [-0.15, -0.1) is 0 Å². The van der Waals surface area contributed by atoms with E-state index in [1.54, 1.807) is 0 Å². The molecule has 23 heavy (non-hydrogen) atoms. The van der Waals surface area contributed by atoms with Crippen molar-refractivity contribution in [3.05, 3.63) is 52.7 Å². The van der Waals surface area contributed by atoms with Gasteiger partial charge >= 0.3 is 0 Å². The van der Waals surface area contributed by atoms with Crippen molar-refractivity contribution in [1.29, 1.82) is 0 Å². The maximum atomic E-state index is 13.8. The van der Waals surface area contributed by atoms with E-state index in [-0.39, 0.29) is 28.1 Å². The fourth-order valence-corrected chi connectivity index (χ4v) is 2.48. The fourth-order valence-electron chi connectivity index (χ4n) is 2.27. The van der Waals surface area contributed by atoms with Crippen molar-refractivity contribution >= 4 is 29.0 Å². The summed E-state index contributed by atoms with van der Waals surface area (Å²) in [6.45, 7) is 0. The van der Waals surface area contributed by atoms with E-state index >= 15 is 0 Å². The van der Waals surface area contributed by atoms with Crippen molar-refractivity contribution in [2.24, 2.45) is 0 Å². The van der Waals surface area contributed by atoms with Gasteiger partial charge in [0.15, 0.2) is 0 Å². The minimum Gasteiger partial charge on any atom is -0.367 e. The molecular formula is C16H14ClF2N3O. The molecule has 2 N–H and O–H groups in total. The van der Waals surface area contributed by atoms with E-state index in [0.29, 0.717) is 0 Å². The Morgan fingerprint density at radius 2 is 2.09 bits per heavy atom. The highest BCUT2D eigenvalue weighted by Crippen LogP contribution is 2.27. The van der Waals surface area contributed by atoms with Crippen LogP contribution in [0, 0.1) is 11.6 Å². The van der Waals surface area contributed by atoms with E-state index in [0.717, 1.165) is 31.5 Å². The van der Waals surface area contributed by atoms with Crippen molar-refractivity contribution < 1.29 is 13.6 Å². The van der Waals surface area contributed by atoms with Crippen molar-refractivity contribution in [3.8, 4) is 0 Å². The van der Waals surface area contributed by atoms with E-state index in [1.165, 1.54) is 18.2 Å². The van der Waals surface area contributed by atoms with Crippen LogP contribution in [0.1, 0.15) is 29.6 Å². The average molecular weight is 338 g/mol. The van der Waals surface area contributed by atoms with Gasteiger partial charge in [0.2, 0.25) is 0 Å². The summed E-state index contributed by atoms with van der Waals surface area (Å²) in [6, 6.07) is 5.35. The van der Waals surface area contributed by atoms with Crippen LogP contribution in [0.25, 0.3) is 0 Å². The number of para-hydroxylation sites is 1. The first-order valence-electron chi connectivity index (χ1n) is 7.22. The molecule has 1 aromatic heterocycles. The standard InChI is InChI=1S/C16H14ClF2N3O/c17-12-5-2-6-13(19)14(12)22-16(23)11-7-9(18)8-20-15(11)21-10-3-1-4-10/h2,5-8,10H,1,3-4H2,(H,20,21)(H,22,23). The van der Waals surface area contributed by atoms with E-state index in [9.17, 15) is 13.6 Å². The highest BCUT2D eigenvalue weighted by atomic mass is 35.5. The molecule has 0 atom stereocenters. The Labute approximate surface area is 136 Å². The van der Waals surface area contributed by atoms with E-state index in [1.807, 2.05) is 0 Å². The van der Waals surface area contributed by atoms with Gasteiger partial charge in [0.1, 0.15) is 17.5 Å². The predicted molar refractivity (Wildman–Crippen MR) is 84.8 cm³/mol. The molecule has 1 heterocycles. The quantitative estimate of drug-likeness (QED) is 0.877. The van der Waals surface area contributed by atoms with Gasteiger partial charge in [-0.05, 0) is 37.5 Å². The molecule has 1 aromatic carbocycles. The van der Waals surface area contributed by atoms with Gasteiger partial charge in [-0.2, -0.15) is 0 Å². The molecule has 7 heteroatoms. The highest BCUT2D eigenvalue weighted by molar-refractivity contribution is 6.34. The lowest BCUT2D eigenvalue weighted by atomic mass is 9.93. The molecule has 2 aromatic rings. The molecular weight excluding hydrogens is 324 g/mol. The molecule has 0 aliphatic heterocycles. The number of carbonyl (C=O) groups is 1. The summed E-state index contributed by atoms with van der Waals surface area (Å²) >= 11 is 5.89. The summed E-state index contributed by atoms with van der Waals surface area (Å²) in [4.78, 5) is 16.3. The largest absolute Gasteiger partial charge is 0.367 e. The van der Waals surface area contributed by atoms with E-state index in [4.69, 9.17) is 11.6 Å². The fraction of sp³-hybridized carbons (Fsp3) is 0.250. The van der Waals surface area contributed by atoms with Crippen LogP contribution >= 0.6 is 11.6 Å². The Bertz CT molecular complexity index is 730. The molecule has 1 aliphatic rings. The number of rotatable bonds is 4. The van der Waals surface area contributed by atoms with Crippen LogP contribution in [0.4, 0.5) is 20.3 Å². The zero-order valence-corrected chi connectivity index (χ0v) is 12.8. The molecule has 1 aliphatic carbocycles. The number of anilines is 2. The van der Waals surface area contributed by atoms with Gasteiger partial charge in [0.25, 0.3) is 5.91 Å². The predicted octanol–water partition coefficient (Wildman–Crippen LogP) is 4.23. The molecule has 1 fully saturated rings. The number of benzene rings is 1. The smallest absolute Gasteiger partial charge is 0.259 e. The zero-order valence-electron chi connectivity index (χ0n) is 12.1. The molecule has 0 spiro atoms. The molecule has 120 valence electrons. The normalized spacial score (nSPS) is 14.2. The summed E-state index contributed by atoms with van der Waals surface area (Å²) in [5.41, 5.74) is -0.130. The van der Waals surface area contributed by atoms with Crippen molar-refractivity contribution in [3.63, 3.8) is 0 Å². The number of nitrogens with one attached hydrogen (secondary N) is 2. The molecule has 1 amide bonds. The number of aromatic nitrogens is 1. The molecule has 0 unspecified atom stereocenters. The second-order valence-electron chi connectivity index (χ2n) is 5.37. The van der Waals surface area contributed by atoms with Gasteiger partial charge in [-0.25, -0.2) is 13.8 Å². The van der Waals surface area contributed by atoms with Gasteiger partial charge in [0, 0.05) is 6.04 Å². The van der Waals surface area contributed by atoms with E-state index < -0.39 is 17.5 Å². The second kappa shape index (κ2) is 6.50. The Kier molecular flexibility index (Phi) is 4.43. The SMILES string of the molecule is O=C(Nc1c(F)cccc1Cl)c1cc(F)cnc1NC1CCC1. The van der Waals surface area contributed by atoms with Gasteiger partial charge in [-0.1, -0.05) is 17.7 Å². The third-order valence-electron chi connectivity index (χ3n) is 3.75. The lowest BCUT2D eigenvalue weighted by Crippen LogP contribution is -2.29. The Balaban J connectivity index is 1.87. The summed E-state index contributed by atoms with van der Waals surface area (Å²) < 4.78 is 27.2. The van der Waals surface area contributed by atoms with Gasteiger partial charge in [0.05, 0.1) is 22.5 Å². The summed E-state index contributed by atoms with van der Waals surface area (Å²) in [7, 11) is 0. The number of carbonyl (C=O) groups excluding carboxylic acids is 1. The molecule has 4 nitrogen and oxygen atoms in total. The second-order valence-corrected chi connectivity index (χ2v) is 5.78. The third-order valence-corrected chi connectivity index (χ3v) is 4.06. The monoisotopic (exact) mass is 337 g/mol. The van der Waals surface area contributed by atoms with Crippen LogP contribution in [0.5, 0.6) is 0 Å². The Morgan fingerprint density at radius 1 is 1.30 bits per heavy atom. The lowest BCUT2D eigenvalue weighted by molar-refractivity contribution is 0.102. The average Bonchev–Trinajstić information content (AvgIpc) is 2.47. The van der Waals surface area contributed by atoms with Gasteiger partial charge in [-0.3, -0.25) is 4.79 Å². The number of hydrogen-bond acceptors (Lipinski definition) is 3. The first-order chi connectivity index (χ1) is 11.0. The Morgan fingerprint density at radius 3 is 2.74 bits per heavy atom. The van der Waals surface area contributed by atoms with Crippen molar-refractivity contribution in [1.82, 2.24) is 4.98 Å². The zero-order chi connectivity index (χ0) is 16.4. The lowest BCUT2D eigenvalue weighted by Gasteiger charge is -2.27. The number of amides is 1. The molecule has 0 saturated heterocycles. The van der Waals surface area contributed by atoms with Crippen LogP contribution < -0.4 is 10.6 Å².